The van der Waals surface area contributed by atoms with Gasteiger partial charge in [-0.05, 0) is 26.8 Å². The number of hydrogen-bond donors (Lipinski definition) is 2. The lowest BCUT2D eigenvalue weighted by Crippen LogP contribution is -2.29. The van der Waals surface area contributed by atoms with Gasteiger partial charge in [0.15, 0.2) is 6.10 Å². The molecule has 0 spiro atoms. The molecule has 1 aliphatic rings. The van der Waals surface area contributed by atoms with Gasteiger partial charge in [-0.1, -0.05) is 5.57 Å². The van der Waals surface area contributed by atoms with E-state index < -0.39 is 17.7 Å². The van der Waals surface area contributed by atoms with Crippen LogP contribution in [0.2, 0.25) is 0 Å². The van der Waals surface area contributed by atoms with Crippen molar-refractivity contribution in [3.8, 4) is 0 Å². The van der Waals surface area contributed by atoms with Gasteiger partial charge in [0, 0.05) is 5.92 Å². The lowest BCUT2D eigenvalue weighted by atomic mass is 9.84. The van der Waals surface area contributed by atoms with E-state index in [-0.39, 0.29) is 18.3 Å². The highest BCUT2D eigenvalue weighted by Gasteiger charge is 2.42. The van der Waals surface area contributed by atoms with E-state index in [0.29, 0.717) is 5.57 Å². The van der Waals surface area contributed by atoms with Crippen LogP contribution in [0.3, 0.4) is 0 Å². The van der Waals surface area contributed by atoms with Crippen molar-refractivity contribution in [3.05, 3.63) is 11.6 Å². The fraction of sp³-hybridized carbons (Fsp3) is 0.636. The zero-order valence-electron chi connectivity index (χ0n) is 9.56. The number of aliphatic carboxylic acids is 1. The molecule has 1 fully saturated rings. The molecule has 90 valence electrons. The van der Waals surface area contributed by atoms with Crippen molar-refractivity contribution >= 4 is 11.9 Å². The first-order chi connectivity index (χ1) is 7.24. The van der Waals surface area contributed by atoms with Crippen LogP contribution >= 0.6 is 0 Å². The Labute approximate surface area is 93.7 Å². The number of hydrogen-bond acceptors (Lipinski definition) is 4. The van der Waals surface area contributed by atoms with E-state index in [9.17, 15) is 14.7 Å². The van der Waals surface area contributed by atoms with Gasteiger partial charge in [-0.3, -0.25) is 4.79 Å². The van der Waals surface area contributed by atoms with Crippen LogP contribution in [0.15, 0.2) is 11.6 Å². The zero-order chi connectivity index (χ0) is 12.5. The van der Waals surface area contributed by atoms with Gasteiger partial charge in [-0.25, -0.2) is 4.79 Å². The van der Waals surface area contributed by atoms with Crippen molar-refractivity contribution in [2.24, 2.45) is 5.92 Å². The maximum Gasteiger partial charge on any atom is 0.336 e. The summed E-state index contributed by atoms with van der Waals surface area (Å²) in [7, 11) is 0. The van der Waals surface area contributed by atoms with Crippen LogP contribution in [0, 0.1) is 5.92 Å². The Kier molecular flexibility index (Phi) is 3.38. The second-order valence-corrected chi connectivity index (χ2v) is 4.53. The minimum absolute atomic E-state index is 0.186. The largest absolute Gasteiger partial charge is 0.479 e. The Morgan fingerprint density at radius 1 is 1.62 bits per heavy atom. The molecule has 5 nitrogen and oxygen atoms in total. The van der Waals surface area contributed by atoms with Crippen LogP contribution in [0.4, 0.5) is 0 Å². The summed E-state index contributed by atoms with van der Waals surface area (Å²) in [4.78, 5) is 21.6. The smallest absolute Gasteiger partial charge is 0.336 e. The van der Waals surface area contributed by atoms with E-state index in [1.54, 1.807) is 20.8 Å². The highest BCUT2D eigenvalue weighted by molar-refractivity contribution is 5.75. The van der Waals surface area contributed by atoms with Crippen LogP contribution in [-0.4, -0.2) is 33.9 Å². The summed E-state index contributed by atoms with van der Waals surface area (Å²) in [6, 6.07) is 0. The van der Waals surface area contributed by atoms with E-state index in [0.717, 1.165) is 0 Å². The molecule has 1 aliphatic heterocycles. The molecular formula is C11H16O5. The second kappa shape index (κ2) is 4.25. The Bertz CT molecular complexity index is 342. The number of esters is 1. The Balaban J connectivity index is 2.85. The Morgan fingerprint density at radius 2 is 2.19 bits per heavy atom. The van der Waals surface area contributed by atoms with Gasteiger partial charge in [-0.15, -0.1) is 0 Å². The third kappa shape index (κ3) is 2.61. The lowest BCUT2D eigenvalue weighted by Gasteiger charge is -2.25. The molecule has 0 aromatic rings. The van der Waals surface area contributed by atoms with E-state index in [1.165, 1.54) is 6.08 Å². The van der Waals surface area contributed by atoms with Gasteiger partial charge in [0.2, 0.25) is 0 Å². The van der Waals surface area contributed by atoms with Crippen LogP contribution < -0.4 is 0 Å². The van der Waals surface area contributed by atoms with Crippen molar-refractivity contribution in [2.45, 2.75) is 38.9 Å². The van der Waals surface area contributed by atoms with Crippen LogP contribution in [0.25, 0.3) is 0 Å². The van der Waals surface area contributed by atoms with Gasteiger partial charge in [0.25, 0.3) is 0 Å². The number of rotatable bonds is 3. The molecule has 0 aromatic heterocycles. The normalized spacial score (nSPS) is 26.4. The van der Waals surface area contributed by atoms with E-state index in [4.69, 9.17) is 9.84 Å². The quantitative estimate of drug-likeness (QED) is 0.549. The van der Waals surface area contributed by atoms with Gasteiger partial charge >= 0.3 is 11.9 Å². The second-order valence-electron chi connectivity index (χ2n) is 4.53. The van der Waals surface area contributed by atoms with Crippen LogP contribution in [-0.2, 0) is 14.3 Å². The average Bonchev–Trinajstić information content (AvgIpc) is 2.38. The summed E-state index contributed by atoms with van der Waals surface area (Å²) in [6.07, 6.45) is -0.0650. The average molecular weight is 228 g/mol. The first-order valence-corrected chi connectivity index (χ1v) is 5.05. The lowest BCUT2D eigenvalue weighted by molar-refractivity contribution is -0.146. The van der Waals surface area contributed by atoms with Crippen molar-refractivity contribution in [1.29, 1.82) is 0 Å². The molecule has 0 saturated carbocycles. The van der Waals surface area contributed by atoms with Crippen LogP contribution in [0.5, 0.6) is 0 Å². The van der Waals surface area contributed by atoms with Gasteiger partial charge < -0.3 is 14.9 Å². The molecule has 2 atom stereocenters. The van der Waals surface area contributed by atoms with Gasteiger partial charge in [0.1, 0.15) is 5.60 Å². The third-order valence-corrected chi connectivity index (χ3v) is 2.81. The topological polar surface area (TPSA) is 83.8 Å². The fourth-order valence-electron chi connectivity index (χ4n) is 1.96. The molecule has 0 aliphatic carbocycles. The number of carbonyl (C=O) groups is 2. The fourth-order valence-corrected chi connectivity index (χ4v) is 1.96. The first kappa shape index (κ1) is 12.7. The number of carboxylic acids is 1. The zero-order valence-corrected chi connectivity index (χ0v) is 9.56. The summed E-state index contributed by atoms with van der Waals surface area (Å²) in [5.41, 5.74) is 0.0151. The van der Waals surface area contributed by atoms with Crippen molar-refractivity contribution < 1.29 is 24.5 Å². The van der Waals surface area contributed by atoms with Crippen molar-refractivity contribution in [2.75, 3.05) is 0 Å². The number of carbonyl (C=O) groups excluding carboxylic acids is 1. The van der Waals surface area contributed by atoms with E-state index >= 15 is 0 Å². The summed E-state index contributed by atoms with van der Waals surface area (Å²) in [5.74, 6) is -1.79. The first-order valence-electron chi connectivity index (χ1n) is 5.05. The maximum absolute atomic E-state index is 11.2. The summed E-state index contributed by atoms with van der Waals surface area (Å²) in [6.45, 7) is 5.24. The third-order valence-electron chi connectivity index (χ3n) is 2.81. The molecule has 1 saturated heterocycles. The molecule has 16 heavy (non-hydrogen) atoms. The minimum Gasteiger partial charge on any atom is -0.479 e. The van der Waals surface area contributed by atoms with E-state index in [1.807, 2.05) is 0 Å². The number of cyclic esters (lactones) is 1. The molecule has 0 amide bonds. The number of ether oxygens (including phenoxy) is 1. The Hall–Kier alpha value is -1.36. The molecule has 2 N–H and O–H groups in total. The van der Waals surface area contributed by atoms with E-state index in [2.05, 4.69) is 0 Å². The van der Waals surface area contributed by atoms with Gasteiger partial charge in [0.05, 0.1) is 6.42 Å². The molecule has 0 aromatic carbocycles. The molecule has 0 bridgehead atoms. The van der Waals surface area contributed by atoms with Gasteiger partial charge in [-0.2, -0.15) is 0 Å². The molecule has 5 heteroatoms. The number of aliphatic hydroxyl groups excluding tert-OH is 1. The highest BCUT2D eigenvalue weighted by Crippen LogP contribution is 2.37. The number of aliphatic hydroxyl groups is 1. The standard InChI is InChI=1S/C11H16O5/c1-6(4-8(12)10(14)15)7-5-9(13)16-11(7,2)3/h4,7-8,12H,5H2,1-3H3,(H,14,15). The van der Waals surface area contributed by atoms with Crippen molar-refractivity contribution in [1.82, 2.24) is 0 Å². The molecule has 1 heterocycles. The molecule has 0 radical (unpaired) electrons. The summed E-state index contributed by atoms with van der Waals surface area (Å²) < 4.78 is 5.12. The predicted octanol–water partition coefficient (Wildman–Crippen LogP) is 0.720. The maximum atomic E-state index is 11.2. The summed E-state index contributed by atoms with van der Waals surface area (Å²) in [5, 5.41) is 17.8. The minimum atomic E-state index is -1.54. The van der Waals surface area contributed by atoms with Crippen molar-refractivity contribution in [3.63, 3.8) is 0 Å². The summed E-state index contributed by atoms with van der Waals surface area (Å²) >= 11 is 0. The monoisotopic (exact) mass is 228 g/mol. The SMILES string of the molecule is CC(=CC(O)C(=O)O)C1CC(=O)OC1(C)C. The molecule has 2 unspecified atom stereocenters. The Morgan fingerprint density at radius 3 is 2.56 bits per heavy atom. The number of carboxylic acid groups (broad SMARTS) is 1. The highest BCUT2D eigenvalue weighted by atomic mass is 16.6. The predicted molar refractivity (Wildman–Crippen MR) is 55.7 cm³/mol. The molecule has 1 rings (SSSR count). The van der Waals surface area contributed by atoms with Crippen LogP contribution in [0.1, 0.15) is 27.2 Å². The molecular weight excluding hydrogens is 212 g/mol.